The molecule has 0 spiro atoms. The van der Waals surface area contributed by atoms with E-state index in [1.54, 1.807) is 19.1 Å². The number of carbonyl (C=O) groups is 2. The number of Topliss-reactive ketones (excluding diaryl/α,β-unsaturated/α-hetero) is 1. The first-order valence-corrected chi connectivity index (χ1v) is 10.9. The van der Waals surface area contributed by atoms with Crippen LogP contribution in [0.1, 0.15) is 35.6 Å². The first-order valence-electron chi connectivity index (χ1n) is 10.9. The molecule has 2 bridgehead atoms. The van der Waals surface area contributed by atoms with Crippen LogP contribution in [0.25, 0.3) is 11.5 Å². The van der Waals surface area contributed by atoms with Crippen LogP contribution in [0, 0.1) is 6.92 Å². The minimum absolute atomic E-state index is 0.0286. The van der Waals surface area contributed by atoms with Gasteiger partial charge in [0.1, 0.15) is 11.4 Å². The second kappa shape index (κ2) is 8.64. The summed E-state index contributed by atoms with van der Waals surface area (Å²) in [5.41, 5.74) is 0.943. The van der Waals surface area contributed by atoms with Crippen LogP contribution < -0.4 is 15.1 Å². The van der Waals surface area contributed by atoms with Crippen LogP contribution >= 0.6 is 0 Å². The van der Waals surface area contributed by atoms with Gasteiger partial charge in [-0.05, 0) is 24.6 Å². The molecule has 182 valence electrons. The highest BCUT2D eigenvalue weighted by Gasteiger charge is 2.41. The molecule has 0 unspecified atom stereocenters. The van der Waals surface area contributed by atoms with Crippen molar-refractivity contribution in [2.24, 2.45) is 0 Å². The lowest BCUT2D eigenvalue weighted by Crippen LogP contribution is -2.48. The number of nitrogens with zero attached hydrogens (tertiary/aromatic N) is 6. The third-order valence-electron chi connectivity index (χ3n) is 5.84. The van der Waals surface area contributed by atoms with Gasteiger partial charge in [-0.15, -0.1) is 0 Å². The molecule has 0 aliphatic carbocycles. The number of nitrogens with one attached hydrogen (secondary N) is 1. The summed E-state index contributed by atoms with van der Waals surface area (Å²) in [6.45, 7) is 2.95. The average molecular weight is 487 g/mol. The molecule has 5 heterocycles. The highest BCUT2D eigenvalue weighted by molar-refractivity contribution is 6.04. The second-order valence-corrected chi connectivity index (χ2v) is 8.28. The molecule has 13 heteroatoms. The Labute approximate surface area is 197 Å². The van der Waals surface area contributed by atoms with Gasteiger partial charge in [-0.1, -0.05) is 0 Å². The highest BCUT2D eigenvalue weighted by atomic mass is 19.4. The standard InChI is InChI=1S/C22H20F3N7O3/c1-12-27-10-18(35-12)15-5-8-26-20(29-15)30-21(34)32-13-6-9-31(11-13)16-3-2-14(28-19(16)32)17(33)4-7-22(23,24)25/h2-3,5,8,10,13H,4,6-7,9,11H2,1H3,(H,26,29,30,34)/t13-/m0/s1. The third-order valence-corrected chi connectivity index (χ3v) is 5.84. The lowest BCUT2D eigenvalue weighted by Gasteiger charge is -2.35. The summed E-state index contributed by atoms with van der Waals surface area (Å²) in [4.78, 5) is 45.9. The molecule has 35 heavy (non-hydrogen) atoms. The number of ketones is 1. The maximum atomic E-state index is 13.3. The number of alkyl halides is 3. The summed E-state index contributed by atoms with van der Waals surface area (Å²) < 4.78 is 43.2. The molecule has 2 aliphatic heterocycles. The van der Waals surface area contributed by atoms with E-state index in [0.717, 1.165) is 0 Å². The normalized spacial score (nSPS) is 16.9. The van der Waals surface area contributed by atoms with Gasteiger partial charge in [0.25, 0.3) is 0 Å². The van der Waals surface area contributed by atoms with Gasteiger partial charge in [0, 0.05) is 32.6 Å². The first-order chi connectivity index (χ1) is 16.7. The van der Waals surface area contributed by atoms with E-state index in [1.807, 2.05) is 4.90 Å². The van der Waals surface area contributed by atoms with Crippen LogP contribution in [-0.4, -0.2) is 57.1 Å². The van der Waals surface area contributed by atoms with Crippen molar-refractivity contribution in [2.75, 3.05) is 28.2 Å². The fraction of sp³-hybridized carbons (Fsp3) is 0.364. The fourth-order valence-electron chi connectivity index (χ4n) is 4.20. The summed E-state index contributed by atoms with van der Waals surface area (Å²) in [6, 6.07) is 3.85. The van der Waals surface area contributed by atoms with Crippen molar-refractivity contribution in [3.63, 3.8) is 0 Å². The van der Waals surface area contributed by atoms with Crippen LogP contribution in [0.5, 0.6) is 0 Å². The van der Waals surface area contributed by atoms with Crippen molar-refractivity contribution in [3.05, 3.63) is 42.2 Å². The number of fused-ring (bicyclic) bond motifs is 4. The molecule has 2 amide bonds. The van der Waals surface area contributed by atoms with E-state index in [2.05, 4.69) is 25.3 Å². The molecule has 0 saturated carbocycles. The maximum Gasteiger partial charge on any atom is 0.389 e. The highest BCUT2D eigenvalue weighted by Crippen LogP contribution is 2.39. The minimum Gasteiger partial charge on any atom is -0.439 e. The molecule has 5 rings (SSSR count). The predicted molar refractivity (Wildman–Crippen MR) is 118 cm³/mol. The van der Waals surface area contributed by atoms with Crippen LogP contribution in [0.3, 0.4) is 0 Å². The quantitative estimate of drug-likeness (QED) is 0.537. The van der Waals surface area contributed by atoms with Gasteiger partial charge in [-0.3, -0.25) is 15.0 Å². The van der Waals surface area contributed by atoms with E-state index >= 15 is 0 Å². The van der Waals surface area contributed by atoms with Crippen molar-refractivity contribution in [2.45, 2.75) is 38.4 Å². The Morgan fingerprint density at radius 3 is 2.77 bits per heavy atom. The Morgan fingerprint density at radius 2 is 2.03 bits per heavy atom. The zero-order valence-corrected chi connectivity index (χ0v) is 18.5. The Morgan fingerprint density at radius 1 is 1.20 bits per heavy atom. The van der Waals surface area contributed by atoms with Crippen molar-refractivity contribution < 1.29 is 27.2 Å². The SMILES string of the molecule is Cc1ncc(-c2ccnc(NC(=O)N3c4nc(C(=O)CCC(F)(F)F)ccc4N4CC[C@H]3C4)n2)o1. The molecule has 3 aromatic rings. The molecule has 0 radical (unpaired) electrons. The zero-order valence-electron chi connectivity index (χ0n) is 18.5. The van der Waals surface area contributed by atoms with E-state index in [0.29, 0.717) is 42.5 Å². The number of urea groups is 1. The topological polar surface area (TPSA) is 117 Å². The molecular weight excluding hydrogens is 467 g/mol. The fourth-order valence-corrected chi connectivity index (χ4v) is 4.20. The Kier molecular flexibility index (Phi) is 5.61. The number of hydrogen-bond acceptors (Lipinski definition) is 8. The minimum atomic E-state index is -4.44. The molecule has 3 aromatic heterocycles. The second-order valence-electron chi connectivity index (χ2n) is 8.28. The Bertz CT molecular complexity index is 1290. The van der Waals surface area contributed by atoms with Gasteiger partial charge in [-0.2, -0.15) is 13.2 Å². The van der Waals surface area contributed by atoms with E-state index < -0.39 is 30.8 Å². The number of oxazole rings is 1. The lowest BCUT2D eigenvalue weighted by atomic mass is 10.1. The lowest BCUT2D eigenvalue weighted by molar-refractivity contribution is -0.133. The van der Waals surface area contributed by atoms with Crippen LogP contribution in [-0.2, 0) is 0 Å². The molecule has 10 nitrogen and oxygen atoms in total. The van der Waals surface area contributed by atoms with Gasteiger partial charge in [0.15, 0.2) is 23.3 Å². The molecule has 1 N–H and O–H groups in total. The van der Waals surface area contributed by atoms with E-state index in [9.17, 15) is 22.8 Å². The number of aryl methyl sites for hydroxylation is 1. The summed E-state index contributed by atoms with van der Waals surface area (Å²) in [7, 11) is 0. The van der Waals surface area contributed by atoms with E-state index in [-0.39, 0.29) is 23.5 Å². The third kappa shape index (κ3) is 4.66. The predicted octanol–water partition coefficient (Wildman–Crippen LogP) is 3.99. The molecule has 1 atom stereocenters. The average Bonchev–Trinajstić information content (AvgIpc) is 3.44. The van der Waals surface area contributed by atoms with Crippen molar-refractivity contribution in [1.29, 1.82) is 0 Å². The zero-order chi connectivity index (χ0) is 24.7. The number of amides is 2. The molecule has 0 aromatic carbocycles. The number of halogens is 3. The number of rotatable bonds is 5. The van der Waals surface area contributed by atoms with Gasteiger partial charge in [0.2, 0.25) is 5.95 Å². The van der Waals surface area contributed by atoms with Gasteiger partial charge in [0.05, 0.1) is 24.3 Å². The number of hydrogen-bond donors (Lipinski definition) is 1. The molecule has 2 aliphatic rings. The van der Waals surface area contributed by atoms with E-state index in [4.69, 9.17) is 4.42 Å². The Balaban J connectivity index is 1.41. The van der Waals surface area contributed by atoms with Crippen LogP contribution in [0.15, 0.2) is 35.0 Å². The number of anilines is 3. The van der Waals surface area contributed by atoms with E-state index in [1.165, 1.54) is 23.4 Å². The first kappa shape index (κ1) is 22.7. The van der Waals surface area contributed by atoms with Gasteiger partial charge in [-0.25, -0.2) is 24.7 Å². The maximum absolute atomic E-state index is 13.3. The summed E-state index contributed by atoms with van der Waals surface area (Å²) in [5, 5.41) is 2.66. The summed E-state index contributed by atoms with van der Waals surface area (Å²) >= 11 is 0. The summed E-state index contributed by atoms with van der Waals surface area (Å²) in [6.07, 6.45) is -2.75. The van der Waals surface area contributed by atoms with Crippen molar-refractivity contribution in [1.82, 2.24) is 19.9 Å². The number of carbonyl (C=O) groups excluding carboxylic acids is 2. The largest absolute Gasteiger partial charge is 0.439 e. The number of aromatic nitrogens is 4. The van der Waals surface area contributed by atoms with Gasteiger partial charge >= 0.3 is 12.2 Å². The van der Waals surface area contributed by atoms with Crippen LogP contribution in [0.4, 0.5) is 35.4 Å². The van der Waals surface area contributed by atoms with Gasteiger partial charge < -0.3 is 9.32 Å². The molecular formula is C22H20F3N7O3. The smallest absolute Gasteiger partial charge is 0.389 e. The number of pyridine rings is 1. The monoisotopic (exact) mass is 487 g/mol. The summed E-state index contributed by atoms with van der Waals surface area (Å²) in [5.74, 6) is 0.388. The van der Waals surface area contributed by atoms with Crippen molar-refractivity contribution in [3.8, 4) is 11.5 Å². The van der Waals surface area contributed by atoms with Crippen molar-refractivity contribution >= 4 is 29.3 Å². The Hall–Kier alpha value is -4.03. The van der Waals surface area contributed by atoms with Crippen LogP contribution in [0.2, 0.25) is 0 Å². The molecule has 1 saturated heterocycles. The molecule has 1 fully saturated rings.